The zero-order valence-corrected chi connectivity index (χ0v) is 8.83. The summed E-state index contributed by atoms with van der Waals surface area (Å²) >= 11 is 0. The van der Waals surface area contributed by atoms with Crippen molar-refractivity contribution >= 4 is 47.1 Å². The number of rotatable bonds is 4. The Balaban J connectivity index is 0.00000289. The summed E-state index contributed by atoms with van der Waals surface area (Å²) in [6.45, 7) is 0. The Morgan fingerprint density at radius 3 is 2.11 bits per heavy atom. The molecule has 1 aromatic rings. The summed E-state index contributed by atoms with van der Waals surface area (Å²) in [5.74, 6) is -5.63. The molecule has 18 heavy (non-hydrogen) atoms. The van der Waals surface area contributed by atoms with E-state index in [1.54, 1.807) is 0 Å². The zero-order chi connectivity index (χ0) is 13.0. The van der Waals surface area contributed by atoms with Gasteiger partial charge in [0.05, 0.1) is 19.1 Å². The molecule has 92 valence electrons. The van der Waals surface area contributed by atoms with E-state index < -0.39 is 41.2 Å². The van der Waals surface area contributed by atoms with Crippen molar-refractivity contribution in [1.82, 2.24) is 0 Å². The minimum atomic E-state index is -1.23. The van der Waals surface area contributed by atoms with E-state index in [4.69, 9.17) is 0 Å². The molecule has 1 rings (SSSR count). The second kappa shape index (κ2) is 7.35. The molecule has 7 heteroatoms. The van der Waals surface area contributed by atoms with Gasteiger partial charge in [0.2, 0.25) is 5.78 Å². The van der Waals surface area contributed by atoms with Crippen LogP contribution in [0.5, 0.6) is 0 Å². The average Bonchev–Trinajstić information content (AvgIpc) is 2.27. The number of esters is 1. The predicted octanol–water partition coefficient (Wildman–Crippen LogP) is 0.631. The summed E-state index contributed by atoms with van der Waals surface area (Å²) < 4.78 is 30.4. The van der Waals surface area contributed by atoms with Crippen LogP contribution in [-0.2, 0) is 14.3 Å². The summed E-state index contributed by atoms with van der Waals surface area (Å²) in [5, 5.41) is 0. The van der Waals surface area contributed by atoms with Crippen LogP contribution in [0.3, 0.4) is 0 Å². The van der Waals surface area contributed by atoms with E-state index in [9.17, 15) is 23.2 Å². The minimum absolute atomic E-state index is 0. The monoisotopic (exact) mass is 266 g/mol. The van der Waals surface area contributed by atoms with Crippen LogP contribution in [0, 0.1) is 11.6 Å². The number of ether oxygens (including phenoxy) is 1. The molecule has 0 spiro atoms. The molecule has 0 heterocycles. The molecule has 0 fully saturated rings. The molecule has 4 nitrogen and oxygen atoms in total. The first-order valence-corrected chi connectivity index (χ1v) is 4.55. The summed E-state index contributed by atoms with van der Waals surface area (Å²) in [6.07, 6.45) is -0.926. The van der Waals surface area contributed by atoms with Crippen LogP contribution in [0.1, 0.15) is 16.8 Å². The Bertz CT molecular complexity index is 468. The van der Waals surface area contributed by atoms with Crippen LogP contribution in [-0.4, -0.2) is 54.2 Å². The summed E-state index contributed by atoms with van der Waals surface area (Å²) in [5.41, 5.74) is -0.829. The molecular weight excluding hydrogens is 257 g/mol. The SMILES string of the molecule is COC(=O)C(=O)CC(=O)c1c(F)cccc1F.[NaH]. The number of carbonyl (C=O) groups is 3. The molecule has 0 aromatic heterocycles. The fourth-order valence-corrected chi connectivity index (χ4v) is 1.18. The number of benzene rings is 1. The summed E-state index contributed by atoms with van der Waals surface area (Å²) in [4.78, 5) is 33.2. The van der Waals surface area contributed by atoms with E-state index in [-0.39, 0.29) is 29.6 Å². The number of carbonyl (C=O) groups excluding carboxylic acids is 3. The van der Waals surface area contributed by atoms with E-state index in [0.29, 0.717) is 0 Å². The number of methoxy groups -OCH3 is 1. The Morgan fingerprint density at radius 1 is 1.17 bits per heavy atom. The van der Waals surface area contributed by atoms with Gasteiger partial charge in [-0.15, -0.1) is 0 Å². The van der Waals surface area contributed by atoms with Crippen molar-refractivity contribution in [3.63, 3.8) is 0 Å². The van der Waals surface area contributed by atoms with Gasteiger partial charge in [0, 0.05) is 0 Å². The van der Waals surface area contributed by atoms with Crippen molar-refractivity contribution in [2.45, 2.75) is 6.42 Å². The van der Waals surface area contributed by atoms with Gasteiger partial charge >= 0.3 is 35.5 Å². The number of Topliss-reactive ketones (excluding diaryl/α,β-unsaturated/α-hetero) is 2. The molecule has 0 saturated heterocycles. The summed E-state index contributed by atoms with van der Waals surface area (Å²) in [6, 6.07) is 2.86. The van der Waals surface area contributed by atoms with E-state index in [0.717, 1.165) is 25.3 Å². The van der Waals surface area contributed by atoms with Gasteiger partial charge in [-0.3, -0.25) is 9.59 Å². The Morgan fingerprint density at radius 2 is 1.67 bits per heavy atom. The molecule has 0 atom stereocenters. The van der Waals surface area contributed by atoms with Gasteiger partial charge in [-0.25, -0.2) is 13.6 Å². The summed E-state index contributed by atoms with van der Waals surface area (Å²) in [7, 11) is 0.967. The molecule has 0 amide bonds. The van der Waals surface area contributed by atoms with Gasteiger partial charge in [-0.05, 0) is 12.1 Å². The standard InChI is InChI=1S/C11H8F2O4.Na.H/c1-17-11(16)9(15)5-8(14)10-6(12)3-2-4-7(10)13;;/h2-4H,5H2,1H3;;. The van der Waals surface area contributed by atoms with Gasteiger partial charge in [-0.2, -0.15) is 0 Å². The second-order valence-corrected chi connectivity index (χ2v) is 3.11. The van der Waals surface area contributed by atoms with Crippen molar-refractivity contribution in [2.24, 2.45) is 0 Å². The van der Waals surface area contributed by atoms with Crippen molar-refractivity contribution in [1.29, 1.82) is 0 Å². The predicted molar refractivity (Wildman–Crippen MR) is 59.5 cm³/mol. The number of ketones is 2. The Kier molecular flexibility index (Phi) is 6.90. The average molecular weight is 266 g/mol. The quantitative estimate of drug-likeness (QED) is 0.264. The normalized spacial score (nSPS) is 9.28. The van der Waals surface area contributed by atoms with Crippen LogP contribution in [0.15, 0.2) is 18.2 Å². The molecule has 0 bridgehead atoms. The van der Waals surface area contributed by atoms with Crippen LogP contribution in [0.25, 0.3) is 0 Å². The van der Waals surface area contributed by atoms with Crippen molar-refractivity contribution in [3.8, 4) is 0 Å². The zero-order valence-electron chi connectivity index (χ0n) is 8.83. The third-order valence-corrected chi connectivity index (χ3v) is 1.98. The van der Waals surface area contributed by atoms with Gasteiger partial charge in [0.1, 0.15) is 11.6 Å². The van der Waals surface area contributed by atoms with Crippen LogP contribution < -0.4 is 0 Å². The maximum absolute atomic E-state index is 13.1. The number of hydrogen-bond acceptors (Lipinski definition) is 4. The maximum atomic E-state index is 13.1. The molecule has 0 radical (unpaired) electrons. The first-order chi connectivity index (χ1) is 7.97. The molecule has 0 unspecified atom stereocenters. The van der Waals surface area contributed by atoms with Crippen molar-refractivity contribution in [3.05, 3.63) is 35.4 Å². The van der Waals surface area contributed by atoms with Crippen LogP contribution >= 0.6 is 0 Å². The molecule has 0 aliphatic heterocycles. The fraction of sp³-hybridized carbons (Fsp3) is 0.182. The molecule has 0 aliphatic carbocycles. The van der Waals surface area contributed by atoms with E-state index >= 15 is 0 Å². The van der Waals surface area contributed by atoms with Crippen molar-refractivity contribution < 1.29 is 27.9 Å². The molecule has 1 aromatic carbocycles. The van der Waals surface area contributed by atoms with Gasteiger partial charge in [-0.1, -0.05) is 6.07 Å². The van der Waals surface area contributed by atoms with Crippen LogP contribution in [0.2, 0.25) is 0 Å². The molecule has 0 N–H and O–H groups in total. The van der Waals surface area contributed by atoms with E-state index in [1.807, 2.05) is 0 Å². The van der Waals surface area contributed by atoms with E-state index in [1.165, 1.54) is 0 Å². The fourth-order valence-electron chi connectivity index (χ4n) is 1.18. The van der Waals surface area contributed by atoms with Crippen LogP contribution in [0.4, 0.5) is 8.78 Å². The first kappa shape index (κ1) is 16.9. The molecule has 0 saturated carbocycles. The third kappa shape index (κ3) is 3.97. The Hall–Kier alpha value is -1.11. The molecule has 0 aliphatic rings. The molecular formula is C11H9F2NaO4. The van der Waals surface area contributed by atoms with Gasteiger partial charge in [0.25, 0.3) is 0 Å². The number of halogens is 2. The topological polar surface area (TPSA) is 60.4 Å². The second-order valence-electron chi connectivity index (χ2n) is 3.11. The van der Waals surface area contributed by atoms with E-state index in [2.05, 4.69) is 4.74 Å². The van der Waals surface area contributed by atoms with Gasteiger partial charge < -0.3 is 4.74 Å². The van der Waals surface area contributed by atoms with Crippen molar-refractivity contribution in [2.75, 3.05) is 7.11 Å². The third-order valence-electron chi connectivity index (χ3n) is 1.98. The Labute approximate surface area is 124 Å². The number of hydrogen-bond donors (Lipinski definition) is 0. The first-order valence-electron chi connectivity index (χ1n) is 4.55. The van der Waals surface area contributed by atoms with Gasteiger partial charge in [0.15, 0.2) is 5.78 Å².